The van der Waals surface area contributed by atoms with E-state index in [4.69, 9.17) is 9.47 Å². The number of unbranched alkanes of at least 4 members (excludes halogenated alkanes) is 23. The predicted octanol–water partition coefficient (Wildman–Crippen LogP) is 20.4. The smallest absolute Gasteiger partial charge is 0.306 e. The zero-order valence-corrected chi connectivity index (χ0v) is 46.6. The fourth-order valence-corrected chi connectivity index (χ4v) is 7.99. The van der Waals surface area contributed by atoms with Gasteiger partial charge in [0.2, 0.25) is 0 Å². The van der Waals surface area contributed by atoms with Gasteiger partial charge in [-0.3, -0.25) is 9.59 Å². The second-order valence-electron chi connectivity index (χ2n) is 19.3. The average molecular weight is 996 g/mol. The first kappa shape index (κ1) is 68.0. The summed E-state index contributed by atoms with van der Waals surface area (Å²) in [6.07, 6.45) is 91.4. The van der Waals surface area contributed by atoms with E-state index >= 15 is 0 Å². The molecule has 0 aromatic rings. The quantitative estimate of drug-likeness (QED) is 0.0373. The fourth-order valence-electron chi connectivity index (χ4n) is 7.99. The predicted molar refractivity (Wildman–Crippen MR) is 315 cm³/mol. The summed E-state index contributed by atoms with van der Waals surface area (Å²) >= 11 is 0. The van der Waals surface area contributed by atoms with Crippen LogP contribution >= 0.6 is 0 Å². The van der Waals surface area contributed by atoms with E-state index in [0.717, 1.165) is 109 Å². The van der Waals surface area contributed by atoms with Crippen LogP contribution in [0.25, 0.3) is 0 Å². The van der Waals surface area contributed by atoms with Crippen LogP contribution in [0.2, 0.25) is 0 Å². The second kappa shape index (κ2) is 61.3. The Morgan fingerprint density at radius 3 is 0.903 bits per heavy atom. The highest BCUT2D eigenvalue weighted by molar-refractivity contribution is 5.70. The van der Waals surface area contributed by atoms with Gasteiger partial charge in [-0.1, -0.05) is 263 Å². The summed E-state index contributed by atoms with van der Waals surface area (Å²) in [5.41, 5.74) is 0. The molecule has 5 nitrogen and oxygen atoms in total. The van der Waals surface area contributed by atoms with Crippen LogP contribution in [0.3, 0.4) is 0 Å². The van der Waals surface area contributed by atoms with E-state index in [-0.39, 0.29) is 25.2 Å². The Kier molecular flexibility index (Phi) is 58.0. The summed E-state index contributed by atoms with van der Waals surface area (Å²) in [6.45, 7) is 4.01. The third-order valence-corrected chi connectivity index (χ3v) is 12.4. The molecule has 0 fully saturated rings. The van der Waals surface area contributed by atoms with Gasteiger partial charge in [-0.25, -0.2) is 0 Å². The minimum Gasteiger partial charge on any atom is -0.462 e. The Hall–Kier alpha value is -3.96. The van der Waals surface area contributed by atoms with Gasteiger partial charge in [0, 0.05) is 12.8 Å². The van der Waals surface area contributed by atoms with Gasteiger partial charge in [0.25, 0.3) is 0 Å². The van der Waals surface area contributed by atoms with Crippen molar-refractivity contribution in [3.8, 4) is 0 Å². The lowest BCUT2D eigenvalue weighted by molar-refractivity contribution is -0.161. The van der Waals surface area contributed by atoms with Crippen molar-refractivity contribution in [2.45, 2.75) is 264 Å². The van der Waals surface area contributed by atoms with Gasteiger partial charge in [0.05, 0.1) is 6.61 Å². The number of ether oxygens (including phenoxy) is 2. The first-order valence-corrected chi connectivity index (χ1v) is 29.7. The maximum atomic E-state index is 12.3. The van der Waals surface area contributed by atoms with Gasteiger partial charge in [-0.2, -0.15) is 0 Å². The monoisotopic (exact) mass is 995 g/mol. The Morgan fingerprint density at radius 2 is 0.597 bits per heavy atom. The molecule has 0 aliphatic rings. The number of rotatable bonds is 53. The van der Waals surface area contributed by atoms with E-state index in [9.17, 15) is 14.7 Å². The van der Waals surface area contributed by atoms with Crippen molar-refractivity contribution in [1.29, 1.82) is 0 Å². The lowest BCUT2D eigenvalue weighted by Crippen LogP contribution is -2.28. The molecule has 0 radical (unpaired) electrons. The van der Waals surface area contributed by atoms with Crippen LogP contribution < -0.4 is 0 Å². The highest BCUT2D eigenvalue weighted by atomic mass is 16.6. The maximum absolute atomic E-state index is 12.3. The number of aliphatic hydroxyl groups is 1. The van der Waals surface area contributed by atoms with Crippen molar-refractivity contribution in [3.63, 3.8) is 0 Å². The van der Waals surface area contributed by atoms with Crippen molar-refractivity contribution in [3.05, 3.63) is 134 Å². The standard InChI is InChI=1S/C67H110O5/c1-3-5-7-9-11-13-15-17-19-21-23-25-26-27-28-29-30-31-32-33-34-35-36-37-38-39-40-42-44-46-48-50-52-54-56-58-60-62-67(70)72-65(63-68)64-71-66(69)61-59-57-55-53-51-49-47-45-43-41-24-22-20-18-16-14-12-10-8-6-4-2/h5,7,11,13,16-19,22-25,27-28,30-31,33-34,36-37,43,45,65,68H,3-4,6,8-10,12,14-15,20-21,26,29,32,35,38-42,44,46-64H2,1-2H3/b7-5-,13-11-,18-16-,19-17-,24-22-,25-23-,28-27-,31-30-,34-33-,37-36-,45-43-. The third kappa shape index (κ3) is 58.6. The van der Waals surface area contributed by atoms with Gasteiger partial charge in [0.1, 0.15) is 6.61 Å². The van der Waals surface area contributed by atoms with E-state index in [2.05, 4.69) is 148 Å². The number of hydrogen-bond donors (Lipinski definition) is 1. The number of allylic oxidation sites excluding steroid dienone is 22. The van der Waals surface area contributed by atoms with Gasteiger partial charge in [-0.05, 0) is 116 Å². The third-order valence-electron chi connectivity index (χ3n) is 12.4. The Balaban J connectivity index is 3.57. The molecule has 0 saturated heterocycles. The highest BCUT2D eigenvalue weighted by Crippen LogP contribution is 2.15. The summed E-state index contributed by atoms with van der Waals surface area (Å²) in [5.74, 6) is -0.611. The molecule has 0 rings (SSSR count). The maximum Gasteiger partial charge on any atom is 0.306 e. The van der Waals surface area contributed by atoms with Crippen LogP contribution in [0.15, 0.2) is 134 Å². The largest absolute Gasteiger partial charge is 0.462 e. The van der Waals surface area contributed by atoms with Crippen LogP contribution in [0, 0.1) is 0 Å². The van der Waals surface area contributed by atoms with E-state index in [1.165, 1.54) is 122 Å². The van der Waals surface area contributed by atoms with E-state index in [1.54, 1.807) is 0 Å². The molecule has 1 atom stereocenters. The van der Waals surface area contributed by atoms with Crippen molar-refractivity contribution in [1.82, 2.24) is 0 Å². The van der Waals surface area contributed by atoms with Crippen LogP contribution in [0.4, 0.5) is 0 Å². The molecule has 5 heteroatoms. The summed E-state index contributed by atoms with van der Waals surface area (Å²) in [7, 11) is 0. The first-order chi connectivity index (χ1) is 35.6. The van der Waals surface area contributed by atoms with Crippen LogP contribution in [-0.2, 0) is 19.1 Å². The van der Waals surface area contributed by atoms with Gasteiger partial charge in [-0.15, -0.1) is 0 Å². The molecule has 0 aliphatic heterocycles. The van der Waals surface area contributed by atoms with Crippen LogP contribution in [0.5, 0.6) is 0 Å². The van der Waals surface area contributed by atoms with Crippen LogP contribution in [0.1, 0.15) is 258 Å². The van der Waals surface area contributed by atoms with Crippen molar-refractivity contribution < 1.29 is 24.2 Å². The molecule has 72 heavy (non-hydrogen) atoms. The molecule has 0 bridgehead atoms. The topological polar surface area (TPSA) is 72.8 Å². The Morgan fingerprint density at radius 1 is 0.333 bits per heavy atom. The summed E-state index contributed by atoms with van der Waals surface area (Å²) in [5, 5.41) is 9.66. The molecule has 408 valence electrons. The van der Waals surface area contributed by atoms with Crippen molar-refractivity contribution in [2.24, 2.45) is 0 Å². The highest BCUT2D eigenvalue weighted by Gasteiger charge is 2.16. The zero-order chi connectivity index (χ0) is 52.0. The lowest BCUT2D eigenvalue weighted by atomic mass is 10.0. The number of carbonyl (C=O) groups excluding carboxylic acids is 2. The first-order valence-electron chi connectivity index (χ1n) is 29.7. The molecule has 0 aliphatic carbocycles. The molecular weight excluding hydrogens is 885 g/mol. The van der Waals surface area contributed by atoms with Gasteiger partial charge < -0.3 is 14.6 Å². The fraction of sp³-hybridized carbons (Fsp3) is 0.642. The minimum absolute atomic E-state index is 0.0796. The minimum atomic E-state index is -0.788. The molecule has 0 saturated carbocycles. The number of aliphatic hydroxyl groups excluding tert-OH is 1. The number of esters is 2. The lowest BCUT2D eigenvalue weighted by Gasteiger charge is -2.15. The van der Waals surface area contributed by atoms with E-state index in [1.807, 2.05) is 0 Å². The molecular formula is C67H110O5. The van der Waals surface area contributed by atoms with E-state index < -0.39 is 6.10 Å². The molecule has 0 spiro atoms. The molecule has 0 amide bonds. The molecule has 0 heterocycles. The van der Waals surface area contributed by atoms with Gasteiger partial charge >= 0.3 is 11.9 Å². The zero-order valence-electron chi connectivity index (χ0n) is 46.6. The Bertz CT molecular complexity index is 1500. The molecule has 0 aromatic heterocycles. The van der Waals surface area contributed by atoms with Crippen molar-refractivity contribution in [2.75, 3.05) is 13.2 Å². The summed E-state index contributed by atoms with van der Waals surface area (Å²) in [6, 6.07) is 0. The molecule has 1 unspecified atom stereocenters. The van der Waals surface area contributed by atoms with Crippen molar-refractivity contribution >= 4 is 11.9 Å². The normalized spacial score (nSPS) is 13.2. The van der Waals surface area contributed by atoms with Crippen LogP contribution in [-0.4, -0.2) is 36.4 Å². The second-order valence-corrected chi connectivity index (χ2v) is 19.3. The molecule has 0 aromatic carbocycles. The van der Waals surface area contributed by atoms with E-state index in [0.29, 0.717) is 12.8 Å². The summed E-state index contributed by atoms with van der Waals surface area (Å²) < 4.78 is 10.7. The summed E-state index contributed by atoms with van der Waals surface area (Å²) in [4.78, 5) is 24.5. The number of carbonyl (C=O) groups is 2. The average Bonchev–Trinajstić information content (AvgIpc) is 3.38. The SMILES string of the molecule is CC/C=C\C/C=C\C/C=C\C/C=C\C/C=C\C/C=C\C/C=C\C/C=C\CCCCCCCCCCCCCCC(=O)OC(CO)COC(=O)CCCCCCCC/C=C\C/C=C\C/C=C\CCCCCCC. The number of hydrogen-bond acceptors (Lipinski definition) is 5. The Labute approximate surface area is 445 Å². The van der Waals surface area contributed by atoms with Gasteiger partial charge in [0.15, 0.2) is 6.10 Å². The molecule has 1 N–H and O–H groups in total.